The number of nitrogens with one attached hydrogen (secondary N) is 1. The summed E-state index contributed by atoms with van der Waals surface area (Å²) < 4.78 is 25.4. The second-order valence-electron chi connectivity index (χ2n) is 2.81. The van der Waals surface area contributed by atoms with Crippen molar-refractivity contribution in [1.82, 2.24) is 4.84 Å². The van der Waals surface area contributed by atoms with Gasteiger partial charge in [-0.1, -0.05) is 0 Å². The highest BCUT2D eigenvalue weighted by Gasteiger charge is 2.45. The lowest BCUT2D eigenvalue weighted by molar-refractivity contribution is -0.140. The summed E-state index contributed by atoms with van der Waals surface area (Å²) in [5.74, 6) is -2.98. The third-order valence-corrected chi connectivity index (χ3v) is 2.26. The summed E-state index contributed by atoms with van der Waals surface area (Å²) in [6, 6.07) is -0.680. The molecule has 0 amide bonds. The molecule has 1 aliphatic rings. The van der Waals surface area contributed by atoms with Gasteiger partial charge in [-0.2, -0.15) is 0 Å². The Morgan fingerprint density at radius 1 is 1.55 bits per heavy atom. The molecule has 0 radical (unpaired) electrons. The summed E-state index contributed by atoms with van der Waals surface area (Å²) in [5.41, 5.74) is 0. The second-order valence-corrected chi connectivity index (χ2v) is 3.03. The minimum Gasteiger partial charge on any atom is -0.385 e. The van der Waals surface area contributed by atoms with Gasteiger partial charge in [-0.05, 0) is 24.6 Å². The van der Waals surface area contributed by atoms with E-state index in [2.05, 4.69) is 4.84 Å². The Hall–Kier alpha value is 0.0700. The minimum atomic E-state index is -2.98. The summed E-state index contributed by atoms with van der Waals surface area (Å²) in [6.45, 7) is 0. The van der Waals surface area contributed by atoms with E-state index in [1.54, 1.807) is 0 Å². The van der Waals surface area contributed by atoms with E-state index in [0.717, 1.165) is 0 Å². The van der Waals surface area contributed by atoms with Gasteiger partial charge >= 0.3 is 0 Å². The van der Waals surface area contributed by atoms with Gasteiger partial charge in [0.2, 0.25) is 0 Å². The average molecular weight is 186 g/mol. The van der Waals surface area contributed by atoms with Crippen LogP contribution in [0.1, 0.15) is 19.3 Å². The number of aliphatic hydroxyl groups excluding tert-OH is 1. The Kier molecular flexibility index (Phi) is 2.67. The molecule has 2 atom stereocenters. The average Bonchev–Trinajstić information content (AvgIpc) is 1.95. The van der Waals surface area contributed by atoms with Gasteiger partial charge in [0.05, 0.1) is 6.04 Å². The maximum absolute atomic E-state index is 12.7. The maximum Gasteiger partial charge on any atom is 0.275 e. The van der Waals surface area contributed by atoms with Gasteiger partial charge in [-0.3, -0.25) is 0 Å². The first-order valence-corrected chi connectivity index (χ1v) is 3.88. The fraction of sp³-hybridized carbons (Fsp3) is 1.00. The van der Waals surface area contributed by atoms with Gasteiger partial charge in [-0.25, -0.2) is 13.6 Å². The fourth-order valence-corrected chi connectivity index (χ4v) is 1.50. The van der Waals surface area contributed by atoms with Gasteiger partial charge in [-0.15, -0.1) is 0 Å². The van der Waals surface area contributed by atoms with E-state index in [9.17, 15) is 8.78 Å². The smallest absolute Gasteiger partial charge is 0.275 e. The number of hydrogen-bond acceptors (Lipinski definition) is 2. The molecule has 2 nitrogen and oxygen atoms in total. The summed E-state index contributed by atoms with van der Waals surface area (Å²) in [6.07, 6.45) is -0.994. The van der Waals surface area contributed by atoms with Gasteiger partial charge < -0.3 is 5.11 Å². The molecule has 1 fully saturated rings. The summed E-state index contributed by atoms with van der Waals surface area (Å²) in [4.78, 5) is 2.15. The zero-order valence-electron chi connectivity index (χ0n) is 5.86. The highest BCUT2D eigenvalue weighted by Crippen LogP contribution is 2.33. The maximum atomic E-state index is 12.7. The van der Waals surface area contributed by atoms with Crippen LogP contribution in [-0.2, 0) is 0 Å². The molecule has 0 aromatic heterocycles. The van der Waals surface area contributed by atoms with Crippen molar-refractivity contribution in [3.63, 3.8) is 0 Å². The molecule has 1 aliphatic carbocycles. The van der Waals surface area contributed by atoms with Crippen LogP contribution in [0.5, 0.6) is 0 Å². The predicted molar refractivity (Wildman–Crippen MR) is 37.6 cm³/mol. The topological polar surface area (TPSA) is 32.3 Å². The molecule has 0 heterocycles. The Balaban J connectivity index is 2.60. The van der Waals surface area contributed by atoms with Gasteiger partial charge in [0.15, 0.2) is 0 Å². The first kappa shape index (κ1) is 9.16. The molecule has 0 aromatic rings. The third-order valence-electron chi connectivity index (χ3n) is 1.98. The van der Waals surface area contributed by atoms with Crippen molar-refractivity contribution < 1.29 is 13.9 Å². The molecular formula is C6H10ClF2NO. The zero-order chi connectivity index (χ0) is 8.48. The van der Waals surface area contributed by atoms with Crippen LogP contribution in [0.2, 0.25) is 0 Å². The third kappa shape index (κ3) is 1.80. The van der Waals surface area contributed by atoms with Crippen LogP contribution in [0.4, 0.5) is 8.78 Å². The summed E-state index contributed by atoms with van der Waals surface area (Å²) in [5, 5.41) is 9.00. The Morgan fingerprint density at radius 2 is 2.18 bits per heavy atom. The minimum absolute atomic E-state index is 0.247. The molecule has 11 heavy (non-hydrogen) atoms. The number of alkyl halides is 2. The van der Waals surface area contributed by atoms with Crippen LogP contribution in [0, 0.1) is 0 Å². The highest BCUT2D eigenvalue weighted by atomic mass is 35.5. The quantitative estimate of drug-likeness (QED) is 0.604. The molecule has 0 unspecified atom stereocenters. The van der Waals surface area contributed by atoms with E-state index in [0.29, 0.717) is 12.8 Å². The second kappa shape index (κ2) is 3.21. The molecule has 2 N–H and O–H groups in total. The van der Waals surface area contributed by atoms with E-state index in [1.807, 2.05) is 0 Å². The normalized spacial score (nSPS) is 37.1. The first-order chi connectivity index (χ1) is 5.08. The van der Waals surface area contributed by atoms with Crippen LogP contribution >= 0.6 is 11.8 Å². The van der Waals surface area contributed by atoms with Crippen LogP contribution in [-0.4, -0.2) is 23.2 Å². The molecule has 0 saturated heterocycles. The van der Waals surface area contributed by atoms with Gasteiger partial charge in [0.1, 0.15) is 6.10 Å². The summed E-state index contributed by atoms with van der Waals surface area (Å²) >= 11 is 5.16. The monoisotopic (exact) mass is 185 g/mol. The van der Waals surface area contributed by atoms with E-state index in [4.69, 9.17) is 16.9 Å². The molecule has 1 saturated carbocycles. The number of aliphatic hydroxyl groups is 1. The van der Waals surface area contributed by atoms with Crippen LogP contribution in [0.15, 0.2) is 0 Å². The standard InChI is InChI=1S/C6H10ClF2NO/c7-10-4-2-1-3-6(8,9)5(4)11/h4-5,10-11H,1-3H2/t4-,5+/m1/s1. The van der Waals surface area contributed by atoms with Crippen molar-refractivity contribution in [2.75, 3.05) is 0 Å². The lowest BCUT2D eigenvalue weighted by Crippen LogP contribution is -2.50. The highest BCUT2D eigenvalue weighted by molar-refractivity contribution is 6.13. The van der Waals surface area contributed by atoms with Crippen molar-refractivity contribution in [2.24, 2.45) is 0 Å². The van der Waals surface area contributed by atoms with E-state index in [1.165, 1.54) is 0 Å². The molecule has 66 valence electrons. The van der Waals surface area contributed by atoms with Gasteiger partial charge in [0, 0.05) is 6.42 Å². The van der Waals surface area contributed by atoms with E-state index in [-0.39, 0.29) is 6.42 Å². The lowest BCUT2D eigenvalue weighted by Gasteiger charge is -2.33. The number of halogens is 3. The van der Waals surface area contributed by atoms with E-state index >= 15 is 0 Å². The van der Waals surface area contributed by atoms with Crippen molar-refractivity contribution >= 4 is 11.8 Å². The molecule has 0 bridgehead atoms. The Morgan fingerprint density at radius 3 is 2.64 bits per heavy atom. The number of rotatable bonds is 1. The molecule has 1 rings (SSSR count). The van der Waals surface area contributed by atoms with Crippen molar-refractivity contribution in [1.29, 1.82) is 0 Å². The first-order valence-electron chi connectivity index (χ1n) is 3.50. The largest absolute Gasteiger partial charge is 0.385 e. The van der Waals surface area contributed by atoms with Crippen molar-refractivity contribution in [3.05, 3.63) is 0 Å². The Labute approximate surface area is 68.6 Å². The molecule has 0 aliphatic heterocycles. The SMILES string of the molecule is O[C@H]1[C@H](NCl)CCCC1(F)F. The van der Waals surface area contributed by atoms with Gasteiger partial charge in [0.25, 0.3) is 5.92 Å². The molecule has 0 spiro atoms. The van der Waals surface area contributed by atoms with Crippen LogP contribution in [0.3, 0.4) is 0 Å². The van der Waals surface area contributed by atoms with Crippen molar-refractivity contribution in [3.8, 4) is 0 Å². The molecular weight excluding hydrogens is 176 g/mol. The van der Waals surface area contributed by atoms with Crippen LogP contribution < -0.4 is 4.84 Å². The number of hydrogen-bond donors (Lipinski definition) is 2. The molecule has 0 aromatic carbocycles. The van der Waals surface area contributed by atoms with Crippen molar-refractivity contribution in [2.45, 2.75) is 37.3 Å². The Bertz CT molecular complexity index is 145. The fourth-order valence-electron chi connectivity index (χ4n) is 1.27. The summed E-state index contributed by atoms with van der Waals surface area (Å²) in [7, 11) is 0. The zero-order valence-corrected chi connectivity index (χ0v) is 6.61. The lowest BCUT2D eigenvalue weighted by atomic mass is 9.90. The van der Waals surface area contributed by atoms with E-state index < -0.39 is 18.1 Å². The molecule has 5 heteroatoms. The predicted octanol–water partition coefficient (Wildman–Crippen LogP) is 1.28. The van der Waals surface area contributed by atoms with Crippen LogP contribution in [0.25, 0.3) is 0 Å².